The first kappa shape index (κ1) is 21.4. The molecule has 0 aromatic carbocycles. The Morgan fingerprint density at radius 3 is 2.15 bits per heavy atom. The normalized spacial score (nSPS) is 17.7. The highest BCUT2D eigenvalue weighted by molar-refractivity contribution is 7.91. The number of imidazole rings is 1. The van der Waals surface area contributed by atoms with E-state index in [2.05, 4.69) is 42.5 Å². The molecule has 0 spiro atoms. The third kappa shape index (κ3) is 5.08. The minimum Gasteiger partial charge on any atom is -0.318 e. The van der Waals surface area contributed by atoms with Crippen molar-refractivity contribution in [1.82, 2.24) is 19.4 Å². The van der Waals surface area contributed by atoms with E-state index in [1.54, 1.807) is 20.0 Å². The molecule has 150 valence electrons. The molecule has 7 heteroatoms. The predicted molar refractivity (Wildman–Crippen MR) is 106 cm³/mol. The Balaban J connectivity index is 2.19. The quantitative estimate of drug-likeness (QED) is 0.690. The average molecular weight is 385 g/mol. The first-order chi connectivity index (χ1) is 12.1. The fourth-order valence-electron chi connectivity index (χ4n) is 3.25. The van der Waals surface area contributed by atoms with Crippen LogP contribution in [0, 0.1) is 5.92 Å². The maximum Gasteiger partial charge on any atom is 0.228 e. The van der Waals surface area contributed by atoms with Crippen LogP contribution in [0.15, 0.2) is 11.4 Å². The van der Waals surface area contributed by atoms with Crippen molar-refractivity contribution < 1.29 is 8.42 Å². The highest BCUT2D eigenvalue weighted by Crippen LogP contribution is 2.20. The second-order valence-corrected chi connectivity index (χ2v) is 10.8. The van der Waals surface area contributed by atoms with E-state index < -0.39 is 15.1 Å². The standard InChI is InChI=1S/C19H36N4O2S/c1-15(2)7-8-23-18(13-20-19(23)26(24,25)17(5)6)14-21-9-11-22(12-10-21)16(3)4/h13,15-17H,7-12,14H2,1-6H3. The lowest BCUT2D eigenvalue weighted by molar-refractivity contribution is 0.102. The molecule has 0 N–H and O–H groups in total. The molecule has 2 rings (SSSR count). The van der Waals surface area contributed by atoms with Gasteiger partial charge in [0.15, 0.2) is 0 Å². The van der Waals surface area contributed by atoms with Crippen LogP contribution in [-0.4, -0.2) is 65.2 Å². The molecule has 6 nitrogen and oxygen atoms in total. The fraction of sp³-hybridized carbons (Fsp3) is 0.842. The van der Waals surface area contributed by atoms with Crippen molar-refractivity contribution in [2.75, 3.05) is 26.2 Å². The van der Waals surface area contributed by atoms with E-state index in [1.165, 1.54) is 0 Å². The van der Waals surface area contributed by atoms with Crippen LogP contribution in [-0.2, 0) is 22.9 Å². The van der Waals surface area contributed by atoms with Crippen LogP contribution < -0.4 is 0 Å². The summed E-state index contributed by atoms with van der Waals surface area (Å²) in [7, 11) is -3.37. The monoisotopic (exact) mass is 384 g/mol. The summed E-state index contributed by atoms with van der Waals surface area (Å²) < 4.78 is 27.4. The van der Waals surface area contributed by atoms with E-state index in [0.29, 0.717) is 18.5 Å². The van der Waals surface area contributed by atoms with Gasteiger partial charge >= 0.3 is 0 Å². The highest BCUT2D eigenvalue weighted by atomic mass is 32.2. The molecule has 26 heavy (non-hydrogen) atoms. The van der Waals surface area contributed by atoms with E-state index in [4.69, 9.17) is 0 Å². The number of sulfone groups is 1. The average Bonchev–Trinajstić information content (AvgIpc) is 2.96. The van der Waals surface area contributed by atoms with E-state index >= 15 is 0 Å². The van der Waals surface area contributed by atoms with Crippen LogP contribution in [0.5, 0.6) is 0 Å². The number of hydrogen-bond donors (Lipinski definition) is 0. The Morgan fingerprint density at radius 2 is 1.65 bits per heavy atom. The van der Waals surface area contributed by atoms with Crippen LogP contribution in [0.4, 0.5) is 0 Å². The minimum atomic E-state index is -3.37. The van der Waals surface area contributed by atoms with Gasteiger partial charge in [-0.15, -0.1) is 0 Å². The summed E-state index contributed by atoms with van der Waals surface area (Å²) in [6, 6.07) is 0.580. The predicted octanol–water partition coefficient (Wildman–Crippen LogP) is 2.64. The number of rotatable bonds is 8. The topological polar surface area (TPSA) is 58.4 Å². The summed E-state index contributed by atoms with van der Waals surface area (Å²) in [5, 5.41) is -0.214. The van der Waals surface area contributed by atoms with Gasteiger partial charge in [-0.1, -0.05) is 13.8 Å². The second-order valence-electron chi connectivity index (χ2n) is 8.37. The van der Waals surface area contributed by atoms with E-state index in [9.17, 15) is 8.42 Å². The maximum atomic E-state index is 12.7. The van der Waals surface area contributed by atoms with Gasteiger partial charge in [-0.2, -0.15) is 0 Å². The molecular weight excluding hydrogens is 348 g/mol. The van der Waals surface area contributed by atoms with Gasteiger partial charge in [0.25, 0.3) is 0 Å². The maximum absolute atomic E-state index is 12.7. The summed E-state index contributed by atoms with van der Waals surface area (Å²) >= 11 is 0. The van der Waals surface area contributed by atoms with Gasteiger partial charge < -0.3 is 4.57 Å². The molecule has 0 unspecified atom stereocenters. The van der Waals surface area contributed by atoms with E-state index in [1.807, 2.05) is 4.57 Å². The zero-order valence-corrected chi connectivity index (χ0v) is 18.1. The number of hydrogen-bond acceptors (Lipinski definition) is 5. The lowest BCUT2D eigenvalue weighted by Crippen LogP contribution is -2.48. The van der Waals surface area contributed by atoms with Gasteiger partial charge in [-0.3, -0.25) is 9.80 Å². The minimum absolute atomic E-state index is 0.240. The van der Waals surface area contributed by atoms with Crippen LogP contribution in [0.3, 0.4) is 0 Å². The molecule has 1 aliphatic rings. The van der Waals surface area contributed by atoms with Gasteiger partial charge in [-0.25, -0.2) is 13.4 Å². The Bertz CT molecular complexity index is 672. The molecule has 0 amide bonds. The molecule has 1 fully saturated rings. The first-order valence-corrected chi connectivity index (χ1v) is 11.4. The Morgan fingerprint density at radius 1 is 1.04 bits per heavy atom. The number of aromatic nitrogens is 2. The SMILES string of the molecule is CC(C)CCn1c(CN2CCN(C(C)C)CC2)cnc1S(=O)(=O)C(C)C. The van der Waals surface area contributed by atoms with Crippen molar-refractivity contribution >= 4 is 9.84 Å². The molecule has 0 radical (unpaired) electrons. The van der Waals surface area contributed by atoms with Crippen LogP contribution in [0.25, 0.3) is 0 Å². The summed E-state index contributed by atoms with van der Waals surface area (Å²) in [6.07, 6.45) is 2.72. The molecule has 0 saturated carbocycles. The summed E-state index contributed by atoms with van der Waals surface area (Å²) in [4.78, 5) is 9.23. The van der Waals surface area contributed by atoms with Gasteiger partial charge in [0, 0.05) is 45.3 Å². The molecule has 1 aromatic heterocycles. The van der Waals surface area contributed by atoms with Crippen LogP contribution in [0.2, 0.25) is 0 Å². The molecule has 0 aliphatic carbocycles. The second kappa shape index (κ2) is 8.85. The molecule has 1 aromatic rings. The highest BCUT2D eigenvalue weighted by Gasteiger charge is 2.28. The third-order valence-electron chi connectivity index (χ3n) is 5.23. The smallest absolute Gasteiger partial charge is 0.228 e. The number of piperazine rings is 1. The van der Waals surface area contributed by atoms with E-state index in [0.717, 1.165) is 44.8 Å². The zero-order valence-electron chi connectivity index (χ0n) is 17.3. The van der Waals surface area contributed by atoms with Crippen LogP contribution in [0.1, 0.15) is 53.7 Å². The molecule has 1 aliphatic heterocycles. The molecule has 0 atom stereocenters. The summed E-state index contributed by atoms with van der Waals surface area (Å²) in [5.41, 5.74) is 1.02. The fourth-order valence-corrected chi connectivity index (χ4v) is 4.39. The molecule has 2 heterocycles. The van der Waals surface area contributed by atoms with Crippen molar-refractivity contribution in [2.45, 2.75) is 77.5 Å². The van der Waals surface area contributed by atoms with E-state index in [-0.39, 0.29) is 5.16 Å². The molecule has 1 saturated heterocycles. The lowest BCUT2D eigenvalue weighted by atomic mass is 10.1. The summed E-state index contributed by atoms with van der Waals surface area (Å²) in [6.45, 7) is 17.9. The molecular formula is C19H36N4O2S. The lowest BCUT2D eigenvalue weighted by Gasteiger charge is -2.37. The van der Waals surface area contributed by atoms with Crippen molar-refractivity contribution in [1.29, 1.82) is 0 Å². The van der Waals surface area contributed by atoms with Crippen LogP contribution >= 0.6 is 0 Å². The Hall–Kier alpha value is -0.920. The third-order valence-corrected chi connectivity index (χ3v) is 7.31. The van der Waals surface area contributed by atoms with Crippen molar-refractivity contribution in [3.05, 3.63) is 11.9 Å². The van der Waals surface area contributed by atoms with Crippen molar-refractivity contribution in [3.8, 4) is 0 Å². The zero-order chi connectivity index (χ0) is 19.5. The largest absolute Gasteiger partial charge is 0.318 e. The summed E-state index contributed by atoms with van der Waals surface area (Å²) in [5.74, 6) is 0.523. The van der Waals surface area contributed by atoms with Gasteiger partial charge in [0.05, 0.1) is 17.1 Å². The van der Waals surface area contributed by atoms with Gasteiger partial charge in [-0.05, 0) is 40.0 Å². The van der Waals surface area contributed by atoms with Crippen molar-refractivity contribution in [2.24, 2.45) is 5.92 Å². The van der Waals surface area contributed by atoms with Gasteiger partial charge in [0.1, 0.15) is 0 Å². The molecule has 0 bridgehead atoms. The Labute approximate surface area is 159 Å². The first-order valence-electron chi connectivity index (χ1n) is 9.87. The van der Waals surface area contributed by atoms with Crippen molar-refractivity contribution in [3.63, 3.8) is 0 Å². The number of nitrogens with zero attached hydrogens (tertiary/aromatic N) is 4. The Kier molecular flexibility index (Phi) is 7.27. The van der Waals surface area contributed by atoms with Gasteiger partial charge in [0.2, 0.25) is 15.0 Å².